The Hall–Kier alpha value is -0.240. The first-order chi connectivity index (χ1) is 6.74. The summed E-state index contributed by atoms with van der Waals surface area (Å²) in [5, 5.41) is 3.28. The molecule has 78 valence electrons. The van der Waals surface area contributed by atoms with Crippen molar-refractivity contribution < 1.29 is 0 Å². The Morgan fingerprint density at radius 1 is 1.29 bits per heavy atom. The van der Waals surface area contributed by atoms with E-state index in [9.17, 15) is 0 Å². The summed E-state index contributed by atoms with van der Waals surface area (Å²) in [6.07, 6.45) is 0. The zero-order valence-corrected chi connectivity index (χ0v) is 9.72. The van der Waals surface area contributed by atoms with Gasteiger partial charge < -0.3 is 5.32 Å². The van der Waals surface area contributed by atoms with Crippen LogP contribution in [0.5, 0.6) is 0 Å². The summed E-state index contributed by atoms with van der Waals surface area (Å²) in [6.45, 7) is 2.79. The van der Waals surface area contributed by atoms with Gasteiger partial charge in [-0.1, -0.05) is 30.3 Å². The smallest absolute Gasteiger partial charge is 0.0709 e. The standard InChI is InChI=1S/C11H15Cl2N/c1-9(7-12)14-8-11(13)10-5-3-2-4-6-10/h2-6,9,11,14H,7-8H2,1H3. The lowest BCUT2D eigenvalue weighted by atomic mass is 10.1. The summed E-state index contributed by atoms with van der Waals surface area (Å²) in [5.41, 5.74) is 1.14. The summed E-state index contributed by atoms with van der Waals surface area (Å²) in [5.74, 6) is 0.610. The second-order valence-electron chi connectivity index (χ2n) is 3.34. The maximum Gasteiger partial charge on any atom is 0.0709 e. The summed E-state index contributed by atoms with van der Waals surface area (Å²) in [4.78, 5) is 0. The van der Waals surface area contributed by atoms with Crippen molar-refractivity contribution in [2.24, 2.45) is 0 Å². The monoisotopic (exact) mass is 231 g/mol. The fourth-order valence-electron chi connectivity index (χ4n) is 1.14. The van der Waals surface area contributed by atoms with Gasteiger partial charge in [-0.3, -0.25) is 0 Å². The molecule has 1 N–H and O–H groups in total. The highest BCUT2D eigenvalue weighted by atomic mass is 35.5. The van der Waals surface area contributed by atoms with Crippen LogP contribution in [0.25, 0.3) is 0 Å². The first-order valence-electron chi connectivity index (χ1n) is 4.72. The van der Waals surface area contributed by atoms with Crippen LogP contribution in [0.15, 0.2) is 30.3 Å². The van der Waals surface area contributed by atoms with Crippen LogP contribution in [-0.2, 0) is 0 Å². The van der Waals surface area contributed by atoms with Gasteiger partial charge in [-0.25, -0.2) is 0 Å². The average molecular weight is 232 g/mol. The third-order valence-corrected chi connectivity index (χ3v) is 2.91. The van der Waals surface area contributed by atoms with E-state index in [2.05, 4.69) is 5.32 Å². The third kappa shape index (κ3) is 3.87. The van der Waals surface area contributed by atoms with Gasteiger partial charge in [0.05, 0.1) is 5.38 Å². The fourth-order valence-corrected chi connectivity index (χ4v) is 1.48. The van der Waals surface area contributed by atoms with E-state index in [0.717, 1.165) is 12.1 Å². The SMILES string of the molecule is CC(CCl)NCC(Cl)c1ccccc1. The lowest BCUT2D eigenvalue weighted by molar-refractivity contribution is 0.587. The second-order valence-corrected chi connectivity index (χ2v) is 4.18. The van der Waals surface area contributed by atoms with Crippen molar-refractivity contribution in [2.75, 3.05) is 12.4 Å². The van der Waals surface area contributed by atoms with Crippen molar-refractivity contribution in [3.05, 3.63) is 35.9 Å². The molecule has 0 radical (unpaired) electrons. The molecule has 0 spiro atoms. The molecule has 2 unspecified atom stereocenters. The van der Waals surface area contributed by atoms with Crippen LogP contribution in [0, 0.1) is 0 Å². The first-order valence-corrected chi connectivity index (χ1v) is 5.69. The Labute approximate surface area is 95.4 Å². The molecule has 1 aromatic carbocycles. The molecule has 0 saturated heterocycles. The first kappa shape index (κ1) is 11.8. The highest BCUT2D eigenvalue weighted by Crippen LogP contribution is 2.18. The Balaban J connectivity index is 2.39. The Bertz CT molecular complexity index is 251. The zero-order valence-electron chi connectivity index (χ0n) is 8.21. The highest BCUT2D eigenvalue weighted by molar-refractivity contribution is 6.21. The molecule has 1 rings (SSSR count). The minimum Gasteiger partial charge on any atom is -0.311 e. The van der Waals surface area contributed by atoms with E-state index in [1.807, 2.05) is 37.3 Å². The molecule has 0 saturated carbocycles. The molecule has 1 nitrogen and oxygen atoms in total. The van der Waals surface area contributed by atoms with Gasteiger partial charge in [0.1, 0.15) is 0 Å². The van der Waals surface area contributed by atoms with Crippen LogP contribution in [-0.4, -0.2) is 18.5 Å². The maximum absolute atomic E-state index is 6.20. The fraction of sp³-hybridized carbons (Fsp3) is 0.455. The highest BCUT2D eigenvalue weighted by Gasteiger charge is 2.08. The molecule has 0 aliphatic rings. The summed E-state index contributed by atoms with van der Waals surface area (Å²) >= 11 is 11.9. The lowest BCUT2D eigenvalue weighted by Gasteiger charge is -2.14. The molecule has 0 aromatic heterocycles. The Kier molecular flexibility index (Phi) is 5.31. The van der Waals surface area contributed by atoms with Gasteiger partial charge in [-0.05, 0) is 12.5 Å². The molecular formula is C11H15Cl2N. The van der Waals surface area contributed by atoms with E-state index in [-0.39, 0.29) is 5.38 Å². The number of alkyl halides is 2. The van der Waals surface area contributed by atoms with Crippen molar-refractivity contribution in [2.45, 2.75) is 18.3 Å². The van der Waals surface area contributed by atoms with E-state index >= 15 is 0 Å². The predicted molar refractivity (Wildman–Crippen MR) is 63.2 cm³/mol. The van der Waals surface area contributed by atoms with E-state index < -0.39 is 0 Å². The lowest BCUT2D eigenvalue weighted by Crippen LogP contribution is -2.30. The normalized spacial score (nSPS) is 15.1. The number of nitrogens with one attached hydrogen (secondary N) is 1. The van der Waals surface area contributed by atoms with Crippen molar-refractivity contribution in [1.29, 1.82) is 0 Å². The molecule has 1 aromatic rings. The molecule has 14 heavy (non-hydrogen) atoms. The third-order valence-electron chi connectivity index (χ3n) is 2.04. The van der Waals surface area contributed by atoms with Crippen molar-refractivity contribution in [3.63, 3.8) is 0 Å². The van der Waals surface area contributed by atoms with E-state index in [1.165, 1.54) is 0 Å². The number of rotatable bonds is 5. The second kappa shape index (κ2) is 6.28. The largest absolute Gasteiger partial charge is 0.311 e. The minimum absolute atomic E-state index is 0.0156. The van der Waals surface area contributed by atoms with Gasteiger partial charge in [0.15, 0.2) is 0 Å². The van der Waals surface area contributed by atoms with Crippen LogP contribution in [0.3, 0.4) is 0 Å². The number of hydrogen-bond donors (Lipinski definition) is 1. The number of hydrogen-bond acceptors (Lipinski definition) is 1. The Morgan fingerprint density at radius 3 is 2.50 bits per heavy atom. The van der Waals surface area contributed by atoms with Gasteiger partial charge in [0.2, 0.25) is 0 Å². The average Bonchev–Trinajstić information content (AvgIpc) is 2.26. The van der Waals surface area contributed by atoms with Crippen LogP contribution < -0.4 is 5.32 Å². The van der Waals surface area contributed by atoms with Gasteiger partial charge in [-0.15, -0.1) is 23.2 Å². The van der Waals surface area contributed by atoms with E-state index in [1.54, 1.807) is 0 Å². The van der Waals surface area contributed by atoms with Gasteiger partial charge in [-0.2, -0.15) is 0 Å². The van der Waals surface area contributed by atoms with Crippen LogP contribution in [0.2, 0.25) is 0 Å². The van der Waals surface area contributed by atoms with Crippen LogP contribution in [0.1, 0.15) is 17.9 Å². The van der Waals surface area contributed by atoms with Gasteiger partial charge in [0.25, 0.3) is 0 Å². The predicted octanol–water partition coefficient (Wildman–Crippen LogP) is 3.18. The molecule has 3 heteroatoms. The molecule has 2 atom stereocenters. The van der Waals surface area contributed by atoms with E-state index in [0.29, 0.717) is 11.9 Å². The Morgan fingerprint density at radius 2 is 1.93 bits per heavy atom. The molecule has 0 aliphatic heterocycles. The molecule has 0 bridgehead atoms. The number of benzene rings is 1. The maximum atomic E-state index is 6.20. The molecule has 0 heterocycles. The summed E-state index contributed by atoms with van der Waals surface area (Å²) < 4.78 is 0. The van der Waals surface area contributed by atoms with Crippen LogP contribution >= 0.6 is 23.2 Å². The zero-order chi connectivity index (χ0) is 10.4. The van der Waals surface area contributed by atoms with Gasteiger partial charge >= 0.3 is 0 Å². The topological polar surface area (TPSA) is 12.0 Å². The summed E-state index contributed by atoms with van der Waals surface area (Å²) in [6, 6.07) is 10.4. The van der Waals surface area contributed by atoms with E-state index in [4.69, 9.17) is 23.2 Å². The van der Waals surface area contributed by atoms with Crippen molar-refractivity contribution in [1.82, 2.24) is 5.32 Å². The van der Waals surface area contributed by atoms with Crippen molar-refractivity contribution in [3.8, 4) is 0 Å². The van der Waals surface area contributed by atoms with Crippen LogP contribution in [0.4, 0.5) is 0 Å². The number of halogens is 2. The molecule has 0 aliphatic carbocycles. The molecule has 0 fully saturated rings. The van der Waals surface area contributed by atoms with Crippen molar-refractivity contribution >= 4 is 23.2 Å². The molecular weight excluding hydrogens is 217 g/mol. The molecule has 0 amide bonds. The minimum atomic E-state index is 0.0156. The van der Waals surface area contributed by atoms with Gasteiger partial charge in [0, 0.05) is 18.5 Å². The summed E-state index contributed by atoms with van der Waals surface area (Å²) in [7, 11) is 0. The quantitative estimate of drug-likeness (QED) is 0.769.